The number of H-pyrrole nitrogens is 1. The number of nitrogens with zero attached hydrogens (tertiary/aromatic N) is 2. The van der Waals surface area contributed by atoms with Crippen molar-refractivity contribution in [3.63, 3.8) is 0 Å². The summed E-state index contributed by atoms with van der Waals surface area (Å²) in [5.41, 5.74) is 0. The van der Waals surface area contributed by atoms with E-state index in [1.165, 1.54) is 32.1 Å². The molecule has 5 heteroatoms. The Balaban J connectivity index is 1.95. The number of fused-ring (bicyclic) bond motifs is 1. The Morgan fingerprint density at radius 1 is 1.26 bits per heavy atom. The summed E-state index contributed by atoms with van der Waals surface area (Å²) in [6.45, 7) is 1.85. The lowest BCUT2D eigenvalue weighted by atomic mass is 9.64. The SMILES string of the molecule is CC1CCC(n2c(CF)n[nH]c2=S)C2CCCCC12. The number of nitrogens with one attached hydrogen (secondary N) is 1. The van der Waals surface area contributed by atoms with Crippen molar-refractivity contribution in [3.05, 3.63) is 10.6 Å². The smallest absolute Gasteiger partial charge is 0.195 e. The van der Waals surface area contributed by atoms with E-state index in [9.17, 15) is 4.39 Å². The molecule has 0 aliphatic heterocycles. The van der Waals surface area contributed by atoms with Crippen molar-refractivity contribution in [1.82, 2.24) is 14.8 Å². The Morgan fingerprint density at radius 3 is 2.74 bits per heavy atom. The summed E-state index contributed by atoms with van der Waals surface area (Å²) in [5, 5.41) is 6.80. The Hall–Kier alpha value is -0.710. The molecule has 3 rings (SSSR count). The van der Waals surface area contributed by atoms with Crippen molar-refractivity contribution in [3.8, 4) is 0 Å². The first kappa shape index (κ1) is 13.3. The molecular weight excluding hydrogens is 261 g/mol. The fourth-order valence-corrected chi connectivity index (χ4v) is 4.61. The predicted molar refractivity (Wildman–Crippen MR) is 75.1 cm³/mol. The molecule has 3 nitrogen and oxygen atoms in total. The van der Waals surface area contributed by atoms with Gasteiger partial charge >= 0.3 is 0 Å². The lowest BCUT2D eigenvalue weighted by Gasteiger charge is -2.45. The third-order valence-corrected chi connectivity index (χ3v) is 5.53. The van der Waals surface area contributed by atoms with E-state index in [1.54, 1.807) is 0 Å². The Kier molecular flexibility index (Phi) is 3.74. The highest BCUT2D eigenvalue weighted by Crippen LogP contribution is 2.48. The highest BCUT2D eigenvalue weighted by molar-refractivity contribution is 7.71. The molecule has 19 heavy (non-hydrogen) atoms. The molecule has 2 aliphatic rings. The third-order valence-electron chi connectivity index (χ3n) is 5.25. The van der Waals surface area contributed by atoms with Crippen LogP contribution < -0.4 is 0 Å². The van der Waals surface area contributed by atoms with Gasteiger partial charge in [0.1, 0.15) is 6.67 Å². The van der Waals surface area contributed by atoms with Crippen LogP contribution in [0.2, 0.25) is 0 Å². The molecule has 2 aliphatic carbocycles. The van der Waals surface area contributed by atoms with Crippen LogP contribution in [0, 0.1) is 22.5 Å². The number of hydrogen-bond donors (Lipinski definition) is 1. The van der Waals surface area contributed by atoms with Gasteiger partial charge in [-0.05, 0) is 55.7 Å². The second-order valence-electron chi connectivity index (χ2n) is 6.18. The Labute approximate surface area is 118 Å². The first-order valence-corrected chi connectivity index (χ1v) is 7.85. The average Bonchev–Trinajstić information content (AvgIpc) is 2.81. The summed E-state index contributed by atoms with van der Waals surface area (Å²) in [6, 6.07) is 0.360. The third kappa shape index (κ3) is 2.26. The maximum Gasteiger partial charge on any atom is 0.195 e. The molecule has 4 atom stereocenters. The molecule has 2 saturated carbocycles. The number of aromatic amines is 1. The van der Waals surface area contributed by atoms with Gasteiger partial charge in [-0.1, -0.05) is 19.8 Å². The maximum absolute atomic E-state index is 13.1. The van der Waals surface area contributed by atoms with Crippen LogP contribution >= 0.6 is 12.2 Å². The minimum atomic E-state index is -0.531. The van der Waals surface area contributed by atoms with Crippen LogP contribution in [-0.4, -0.2) is 14.8 Å². The van der Waals surface area contributed by atoms with Gasteiger partial charge in [0.2, 0.25) is 0 Å². The van der Waals surface area contributed by atoms with Crippen LogP contribution in [0.4, 0.5) is 4.39 Å². The molecule has 0 radical (unpaired) electrons. The van der Waals surface area contributed by atoms with Crippen molar-refractivity contribution in [2.24, 2.45) is 17.8 Å². The van der Waals surface area contributed by atoms with Gasteiger partial charge in [-0.15, -0.1) is 0 Å². The van der Waals surface area contributed by atoms with Crippen LogP contribution in [0.3, 0.4) is 0 Å². The zero-order valence-electron chi connectivity index (χ0n) is 11.4. The van der Waals surface area contributed by atoms with Crippen molar-refractivity contribution in [2.75, 3.05) is 0 Å². The van der Waals surface area contributed by atoms with Crippen molar-refractivity contribution < 1.29 is 4.39 Å². The average molecular weight is 283 g/mol. The van der Waals surface area contributed by atoms with E-state index in [0.29, 0.717) is 22.6 Å². The fraction of sp³-hybridized carbons (Fsp3) is 0.857. The monoisotopic (exact) mass is 283 g/mol. The standard InChI is InChI=1S/C14H22FN3S/c1-9-6-7-12(11-5-3-2-4-10(9)11)18-13(8-15)16-17-14(18)19/h9-12H,2-8H2,1H3,(H,17,19). The highest BCUT2D eigenvalue weighted by Gasteiger charge is 2.40. The number of alkyl halides is 1. The van der Waals surface area contributed by atoms with Gasteiger partial charge in [0.25, 0.3) is 0 Å². The van der Waals surface area contributed by atoms with E-state index in [-0.39, 0.29) is 0 Å². The molecule has 0 saturated heterocycles. The first-order valence-electron chi connectivity index (χ1n) is 7.44. The van der Waals surface area contributed by atoms with Gasteiger partial charge < -0.3 is 0 Å². The van der Waals surface area contributed by atoms with Crippen molar-refractivity contribution in [2.45, 2.75) is 58.2 Å². The summed E-state index contributed by atoms with van der Waals surface area (Å²) in [6.07, 6.45) is 7.59. The molecule has 4 unspecified atom stereocenters. The first-order chi connectivity index (χ1) is 9.22. The second kappa shape index (κ2) is 5.35. The summed E-state index contributed by atoms with van der Waals surface area (Å²) >= 11 is 5.32. The largest absolute Gasteiger partial charge is 0.299 e. The van der Waals surface area contributed by atoms with Gasteiger partial charge in [-0.3, -0.25) is 9.67 Å². The van der Waals surface area contributed by atoms with E-state index >= 15 is 0 Å². The lowest BCUT2D eigenvalue weighted by molar-refractivity contribution is 0.0611. The minimum absolute atomic E-state index is 0.360. The summed E-state index contributed by atoms with van der Waals surface area (Å²) in [7, 11) is 0. The van der Waals surface area contributed by atoms with Gasteiger partial charge in [0.05, 0.1) is 0 Å². The quantitative estimate of drug-likeness (QED) is 0.826. The second-order valence-corrected chi connectivity index (χ2v) is 6.57. The molecule has 1 aromatic heterocycles. The summed E-state index contributed by atoms with van der Waals surface area (Å²) in [5.74, 6) is 2.73. The molecule has 1 aromatic rings. The van der Waals surface area contributed by atoms with Crippen LogP contribution in [-0.2, 0) is 6.67 Å². The minimum Gasteiger partial charge on any atom is -0.299 e. The van der Waals surface area contributed by atoms with Crippen LogP contribution in [0.1, 0.15) is 57.3 Å². The summed E-state index contributed by atoms with van der Waals surface area (Å²) in [4.78, 5) is 0. The highest BCUT2D eigenvalue weighted by atomic mass is 32.1. The van der Waals surface area contributed by atoms with Gasteiger partial charge in [-0.2, -0.15) is 5.10 Å². The normalized spacial score (nSPS) is 35.1. The zero-order chi connectivity index (χ0) is 13.4. The number of hydrogen-bond acceptors (Lipinski definition) is 2. The van der Waals surface area contributed by atoms with Crippen LogP contribution in [0.5, 0.6) is 0 Å². The van der Waals surface area contributed by atoms with Crippen LogP contribution in [0.25, 0.3) is 0 Å². The Morgan fingerprint density at radius 2 is 2.00 bits per heavy atom. The maximum atomic E-state index is 13.1. The molecule has 106 valence electrons. The lowest BCUT2D eigenvalue weighted by Crippen LogP contribution is -2.37. The molecule has 0 spiro atoms. The Bertz CT molecular complexity index is 495. The van der Waals surface area contributed by atoms with E-state index in [0.717, 1.165) is 18.3 Å². The van der Waals surface area contributed by atoms with E-state index < -0.39 is 6.67 Å². The molecule has 2 fully saturated rings. The molecule has 0 aromatic carbocycles. The van der Waals surface area contributed by atoms with Crippen LogP contribution in [0.15, 0.2) is 0 Å². The molecule has 0 bridgehead atoms. The van der Waals surface area contributed by atoms with E-state index in [4.69, 9.17) is 12.2 Å². The molecule has 1 heterocycles. The van der Waals surface area contributed by atoms with Crippen molar-refractivity contribution >= 4 is 12.2 Å². The number of aromatic nitrogens is 3. The van der Waals surface area contributed by atoms with Gasteiger partial charge in [-0.25, -0.2) is 4.39 Å². The van der Waals surface area contributed by atoms with E-state index in [1.807, 2.05) is 4.57 Å². The predicted octanol–water partition coefficient (Wildman–Crippen LogP) is 4.19. The number of halogens is 1. The van der Waals surface area contributed by atoms with E-state index in [2.05, 4.69) is 17.1 Å². The fourth-order valence-electron chi connectivity index (χ4n) is 4.33. The molecular formula is C14H22FN3S. The van der Waals surface area contributed by atoms with Crippen molar-refractivity contribution in [1.29, 1.82) is 0 Å². The molecule has 0 amide bonds. The summed E-state index contributed by atoms with van der Waals surface area (Å²) < 4.78 is 15.7. The number of rotatable bonds is 2. The van der Waals surface area contributed by atoms with Gasteiger partial charge in [0, 0.05) is 6.04 Å². The zero-order valence-corrected chi connectivity index (χ0v) is 12.3. The topological polar surface area (TPSA) is 33.6 Å². The molecule has 1 N–H and O–H groups in total. The van der Waals surface area contributed by atoms with Gasteiger partial charge in [0.15, 0.2) is 10.6 Å².